The number of sulfone groups is 1. The molecule has 2 atom stereocenters. The van der Waals surface area contributed by atoms with Crippen LogP contribution in [0.5, 0.6) is 0 Å². The van der Waals surface area contributed by atoms with Gasteiger partial charge in [0.2, 0.25) is 5.91 Å². The van der Waals surface area contributed by atoms with Crippen molar-refractivity contribution in [3.05, 3.63) is 70.8 Å². The van der Waals surface area contributed by atoms with Gasteiger partial charge in [-0.25, -0.2) is 17.2 Å². The Hall–Kier alpha value is -2.36. The van der Waals surface area contributed by atoms with Crippen molar-refractivity contribution in [3.8, 4) is 0 Å². The molecule has 6 nitrogen and oxygen atoms in total. The molecule has 9 heteroatoms. The Balaban J connectivity index is 2.07. The molecule has 2 unspecified atom stereocenters. The fourth-order valence-electron chi connectivity index (χ4n) is 4.56. The van der Waals surface area contributed by atoms with Gasteiger partial charge in [0, 0.05) is 25.6 Å². The van der Waals surface area contributed by atoms with Gasteiger partial charge < -0.3 is 15.7 Å². The zero-order valence-corrected chi connectivity index (χ0v) is 23.5. The maximum absolute atomic E-state index is 13.8. The van der Waals surface area contributed by atoms with Gasteiger partial charge in [0.25, 0.3) is 0 Å². The average Bonchev–Trinajstić information content (AvgIpc) is 2.86. The number of aryl methyl sites for hydroxylation is 1. The number of benzene rings is 2. The van der Waals surface area contributed by atoms with Crippen LogP contribution in [0.1, 0.15) is 69.6 Å². The summed E-state index contributed by atoms with van der Waals surface area (Å²) in [5, 5.41) is 16.3. The molecular formula is C29H42F2N2O4S. The Morgan fingerprint density at radius 3 is 2.18 bits per heavy atom. The van der Waals surface area contributed by atoms with E-state index in [0.717, 1.165) is 43.0 Å². The number of halogens is 2. The summed E-state index contributed by atoms with van der Waals surface area (Å²) in [7, 11) is -3.45. The van der Waals surface area contributed by atoms with Crippen molar-refractivity contribution in [1.29, 1.82) is 0 Å². The zero-order valence-electron chi connectivity index (χ0n) is 22.7. The normalized spacial score (nSPS) is 13.4. The predicted molar refractivity (Wildman–Crippen MR) is 148 cm³/mol. The lowest BCUT2D eigenvalue weighted by atomic mass is 10.00. The highest BCUT2D eigenvalue weighted by atomic mass is 32.2. The first kappa shape index (κ1) is 31.9. The Bertz CT molecular complexity index is 1100. The van der Waals surface area contributed by atoms with Crippen molar-refractivity contribution in [1.82, 2.24) is 10.6 Å². The van der Waals surface area contributed by atoms with Crippen LogP contribution in [-0.2, 0) is 34.0 Å². The quantitative estimate of drug-likeness (QED) is 0.269. The van der Waals surface area contributed by atoms with Crippen molar-refractivity contribution in [3.63, 3.8) is 0 Å². The lowest BCUT2D eigenvalue weighted by Crippen LogP contribution is -2.49. The number of rotatable bonds is 17. The molecule has 0 saturated carbocycles. The van der Waals surface area contributed by atoms with Crippen LogP contribution in [0.3, 0.4) is 0 Å². The van der Waals surface area contributed by atoms with Crippen LogP contribution in [-0.4, -0.2) is 49.1 Å². The van der Waals surface area contributed by atoms with Crippen LogP contribution in [0, 0.1) is 11.6 Å². The molecule has 0 bridgehead atoms. The lowest BCUT2D eigenvalue weighted by molar-refractivity contribution is -0.122. The van der Waals surface area contributed by atoms with Crippen molar-refractivity contribution in [2.24, 2.45) is 0 Å². The fraction of sp³-hybridized carbons (Fsp3) is 0.552. The molecule has 0 aromatic heterocycles. The Morgan fingerprint density at radius 1 is 0.947 bits per heavy atom. The Labute approximate surface area is 226 Å². The number of aliphatic hydroxyl groups excluding tert-OH is 1. The number of hydrogen-bond donors (Lipinski definition) is 3. The summed E-state index contributed by atoms with van der Waals surface area (Å²) in [6.07, 6.45) is 2.15. The molecule has 0 heterocycles. The van der Waals surface area contributed by atoms with Crippen molar-refractivity contribution in [2.45, 2.75) is 89.7 Å². The second-order valence-corrected chi connectivity index (χ2v) is 12.2. The highest BCUT2D eigenvalue weighted by molar-refractivity contribution is 7.92. The highest BCUT2D eigenvalue weighted by Crippen LogP contribution is 2.17. The first-order valence-electron chi connectivity index (χ1n) is 13.5. The summed E-state index contributed by atoms with van der Waals surface area (Å²) < 4.78 is 53.2. The van der Waals surface area contributed by atoms with Gasteiger partial charge in [0.15, 0.2) is 9.84 Å². The topological polar surface area (TPSA) is 95.5 Å². The third kappa shape index (κ3) is 10.8. The lowest BCUT2D eigenvalue weighted by Gasteiger charge is -2.25. The molecule has 0 aliphatic carbocycles. The van der Waals surface area contributed by atoms with Gasteiger partial charge in [0.05, 0.1) is 23.1 Å². The number of aliphatic hydroxyl groups is 1. The van der Waals surface area contributed by atoms with Gasteiger partial charge in [-0.2, -0.15) is 0 Å². The summed E-state index contributed by atoms with van der Waals surface area (Å²) in [5.41, 5.74) is 2.52. The molecule has 2 aromatic carbocycles. The Kier molecular flexibility index (Phi) is 13.3. The van der Waals surface area contributed by atoms with Gasteiger partial charge in [0.1, 0.15) is 11.6 Å². The van der Waals surface area contributed by atoms with E-state index in [0.29, 0.717) is 19.4 Å². The Morgan fingerprint density at radius 2 is 1.58 bits per heavy atom. The molecular weight excluding hydrogens is 510 g/mol. The van der Waals surface area contributed by atoms with Crippen LogP contribution >= 0.6 is 0 Å². The molecule has 0 aliphatic rings. The molecule has 2 aromatic rings. The number of hydrogen-bond acceptors (Lipinski definition) is 5. The number of carbonyl (C=O) groups is 1. The maximum atomic E-state index is 13.8. The van der Waals surface area contributed by atoms with E-state index in [9.17, 15) is 27.1 Å². The van der Waals surface area contributed by atoms with Gasteiger partial charge in [-0.3, -0.25) is 4.79 Å². The largest absolute Gasteiger partial charge is 0.390 e. The molecule has 0 spiro atoms. The van der Waals surface area contributed by atoms with Crippen molar-refractivity contribution >= 4 is 15.7 Å². The van der Waals surface area contributed by atoms with Crippen LogP contribution in [0.15, 0.2) is 42.5 Å². The van der Waals surface area contributed by atoms with E-state index in [1.54, 1.807) is 0 Å². The van der Waals surface area contributed by atoms with E-state index in [2.05, 4.69) is 23.6 Å². The van der Waals surface area contributed by atoms with Gasteiger partial charge in [-0.15, -0.1) is 0 Å². The molecule has 0 saturated heterocycles. The molecule has 2 rings (SSSR count). The van der Waals surface area contributed by atoms with Crippen LogP contribution in [0.2, 0.25) is 0 Å². The smallest absolute Gasteiger partial charge is 0.221 e. The highest BCUT2D eigenvalue weighted by Gasteiger charge is 2.27. The molecule has 212 valence electrons. The summed E-state index contributed by atoms with van der Waals surface area (Å²) in [6.45, 7) is 6.54. The summed E-state index contributed by atoms with van der Waals surface area (Å²) in [4.78, 5) is 12.8. The summed E-state index contributed by atoms with van der Waals surface area (Å²) in [6, 6.07) is 10.2. The number of carbonyl (C=O) groups excluding carboxylic acids is 1. The first-order chi connectivity index (χ1) is 18.1. The van der Waals surface area contributed by atoms with Crippen LogP contribution < -0.4 is 10.6 Å². The summed E-state index contributed by atoms with van der Waals surface area (Å²) in [5.74, 6) is -2.32. The predicted octanol–water partition coefficient (Wildman–Crippen LogP) is 4.48. The van der Waals surface area contributed by atoms with E-state index in [1.807, 2.05) is 32.0 Å². The molecule has 1 amide bonds. The summed E-state index contributed by atoms with van der Waals surface area (Å²) >= 11 is 0. The third-order valence-electron chi connectivity index (χ3n) is 6.61. The molecule has 0 aliphatic heterocycles. The maximum Gasteiger partial charge on any atom is 0.221 e. The standard InChI is InChI=1S/C29H42F2N2O4S/c1-4-8-26(9-5-2)38(36,37)13-12-29(35)33-27(17-23-15-24(30)18-25(31)16-23)28(34)20-32-19-22-11-7-10-21(6-3)14-22/h7,10-11,14-16,18,26-28,32,34H,4-6,8-9,12-13,17,19-20H2,1-3H3,(H,33,35). The van der Waals surface area contributed by atoms with Crippen LogP contribution in [0.4, 0.5) is 8.78 Å². The fourth-order valence-corrected chi connectivity index (χ4v) is 6.55. The van der Waals surface area contributed by atoms with E-state index in [1.165, 1.54) is 5.56 Å². The number of amides is 1. The monoisotopic (exact) mass is 552 g/mol. The third-order valence-corrected chi connectivity index (χ3v) is 8.87. The first-order valence-corrected chi connectivity index (χ1v) is 15.2. The minimum absolute atomic E-state index is 0.0182. The molecule has 38 heavy (non-hydrogen) atoms. The SMILES string of the molecule is CCCC(CCC)S(=O)(=O)CCC(=O)NC(Cc1cc(F)cc(F)c1)C(O)CNCc1cccc(CC)c1. The van der Waals surface area contributed by atoms with Gasteiger partial charge in [-0.05, 0) is 54.5 Å². The second-order valence-electron chi connectivity index (χ2n) is 9.84. The van der Waals surface area contributed by atoms with Crippen molar-refractivity contribution < 1.29 is 27.1 Å². The van der Waals surface area contributed by atoms with Gasteiger partial charge >= 0.3 is 0 Å². The van der Waals surface area contributed by atoms with E-state index in [4.69, 9.17) is 0 Å². The van der Waals surface area contributed by atoms with E-state index in [-0.39, 0.29) is 30.7 Å². The average molecular weight is 553 g/mol. The zero-order chi connectivity index (χ0) is 28.1. The van der Waals surface area contributed by atoms with E-state index >= 15 is 0 Å². The minimum atomic E-state index is -3.45. The second kappa shape index (κ2) is 15.9. The van der Waals surface area contributed by atoms with E-state index < -0.39 is 44.8 Å². The van der Waals surface area contributed by atoms with Crippen molar-refractivity contribution in [2.75, 3.05) is 12.3 Å². The minimum Gasteiger partial charge on any atom is -0.390 e. The molecule has 0 fully saturated rings. The molecule has 0 radical (unpaired) electrons. The van der Waals surface area contributed by atoms with Crippen LogP contribution in [0.25, 0.3) is 0 Å². The molecule has 3 N–H and O–H groups in total. The van der Waals surface area contributed by atoms with Gasteiger partial charge in [-0.1, -0.05) is 57.9 Å². The number of nitrogens with one attached hydrogen (secondary N) is 2.